The molecule has 8 heteroatoms. The van der Waals surface area contributed by atoms with Gasteiger partial charge < -0.3 is 15.2 Å². The van der Waals surface area contributed by atoms with Crippen molar-refractivity contribution < 1.29 is 23.1 Å². The molecule has 2 atom stereocenters. The molecule has 23 heavy (non-hydrogen) atoms. The van der Waals surface area contributed by atoms with Gasteiger partial charge in [-0.1, -0.05) is 29.8 Å². The molecule has 0 saturated carbocycles. The fourth-order valence-electron chi connectivity index (χ4n) is 2.73. The van der Waals surface area contributed by atoms with E-state index in [-0.39, 0.29) is 17.8 Å². The van der Waals surface area contributed by atoms with Crippen molar-refractivity contribution in [1.29, 1.82) is 0 Å². The number of aromatic nitrogens is 2. The number of halogens is 3. The quantitative estimate of drug-likeness (QED) is 0.919. The molecular formula is C15H13F3N3O2-. The maximum atomic E-state index is 13.3. The molecule has 5 nitrogen and oxygen atoms in total. The first kappa shape index (κ1) is 15.4. The van der Waals surface area contributed by atoms with E-state index in [0.29, 0.717) is 10.2 Å². The molecule has 1 aromatic heterocycles. The number of fused-ring (bicyclic) bond motifs is 1. The van der Waals surface area contributed by atoms with Crippen molar-refractivity contribution in [2.24, 2.45) is 0 Å². The van der Waals surface area contributed by atoms with E-state index in [4.69, 9.17) is 0 Å². The molecule has 0 saturated heterocycles. The molecule has 2 heterocycles. The van der Waals surface area contributed by atoms with Gasteiger partial charge in [0, 0.05) is 6.42 Å². The van der Waals surface area contributed by atoms with Gasteiger partial charge in [-0.25, -0.2) is 4.68 Å². The van der Waals surface area contributed by atoms with Gasteiger partial charge in [0.15, 0.2) is 6.04 Å². The van der Waals surface area contributed by atoms with E-state index < -0.39 is 24.2 Å². The molecule has 1 N–H and O–H groups in total. The lowest BCUT2D eigenvalue weighted by atomic mass is 9.96. The largest absolute Gasteiger partial charge is 0.545 e. The van der Waals surface area contributed by atoms with Gasteiger partial charge in [-0.15, -0.1) is 0 Å². The average Bonchev–Trinajstić information content (AvgIpc) is 2.89. The molecule has 2 aromatic rings. The van der Waals surface area contributed by atoms with Crippen LogP contribution in [0.4, 0.5) is 19.0 Å². The van der Waals surface area contributed by atoms with Gasteiger partial charge in [-0.05, 0) is 12.5 Å². The van der Waals surface area contributed by atoms with Crippen molar-refractivity contribution in [2.75, 3.05) is 5.32 Å². The molecule has 0 radical (unpaired) electrons. The fourth-order valence-corrected chi connectivity index (χ4v) is 2.73. The first-order valence-electron chi connectivity index (χ1n) is 6.96. The molecule has 0 fully saturated rings. The number of alkyl halides is 3. The van der Waals surface area contributed by atoms with Gasteiger partial charge in [-0.2, -0.15) is 18.3 Å². The fraction of sp³-hybridized carbons (Fsp3) is 0.333. The third kappa shape index (κ3) is 2.76. The smallest absolute Gasteiger partial charge is 0.410 e. The number of rotatable bonds is 2. The summed E-state index contributed by atoms with van der Waals surface area (Å²) >= 11 is 0. The summed E-state index contributed by atoms with van der Waals surface area (Å²) in [6, 6.07) is 4.50. The van der Waals surface area contributed by atoms with Crippen molar-refractivity contribution in [3.8, 4) is 0 Å². The van der Waals surface area contributed by atoms with Crippen LogP contribution in [-0.2, 0) is 0 Å². The predicted molar refractivity (Wildman–Crippen MR) is 73.8 cm³/mol. The minimum Gasteiger partial charge on any atom is -0.545 e. The monoisotopic (exact) mass is 324 g/mol. The Morgan fingerprint density at radius 1 is 1.35 bits per heavy atom. The summed E-state index contributed by atoms with van der Waals surface area (Å²) in [4.78, 5) is 11.1. The molecular weight excluding hydrogens is 311 g/mol. The summed E-state index contributed by atoms with van der Waals surface area (Å²) in [6.45, 7) is 1.87. The van der Waals surface area contributed by atoms with Crippen LogP contribution >= 0.6 is 0 Å². The Labute approximate surface area is 129 Å². The Balaban J connectivity index is 2.05. The number of hydrogen-bond donors (Lipinski definition) is 1. The molecule has 0 unspecified atom stereocenters. The van der Waals surface area contributed by atoms with Crippen molar-refractivity contribution in [3.63, 3.8) is 0 Å². The van der Waals surface area contributed by atoms with Crippen molar-refractivity contribution in [2.45, 2.75) is 31.6 Å². The second kappa shape index (κ2) is 5.29. The number of carboxylic acid groups (broad SMARTS) is 1. The maximum absolute atomic E-state index is 13.3. The number of carbonyl (C=O) groups is 1. The number of nitrogens with one attached hydrogen (secondary N) is 1. The molecule has 0 amide bonds. The Morgan fingerprint density at radius 3 is 2.57 bits per heavy atom. The van der Waals surface area contributed by atoms with Gasteiger partial charge in [0.1, 0.15) is 5.82 Å². The zero-order valence-electron chi connectivity index (χ0n) is 12.1. The summed E-state index contributed by atoms with van der Waals surface area (Å²) in [6.07, 6.45) is -3.92. The predicted octanol–water partition coefficient (Wildman–Crippen LogP) is 2.22. The first-order valence-corrected chi connectivity index (χ1v) is 6.96. The van der Waals surface area contributed by atoms with Crippen LogP contribution in [0.25, 0.3) is 0 Å². The number of anilines is 1. The van der Waals surface area contributed by atoms with Crippen LogP contribution in [0.5, 0.6) is 0 Å². The van der Waals surface area contributed by atoms with Crippen LogP contribution < -0.4 is 10.4 Å². The van der Waals surface area contributed by atoms with Crippen LogP contribution in [0, 0.1) is 6.92 Å². The number of nitrogens with zero attached hydrogens (tertiary/aromatic N) is 2. The van der Waals surface area contributed by atoms with Crippen molar-refractivity contribution in [1.82, 2.24) is 9.78 Å². The number of hydrogen-bond acceptors (Lipinski definition) is 4. The molecule has 0 bridgehead atoms. The van der Waals surface area contributed by atoms with Crippen LogP contribution in [-0.4, -0.2) is 21.9 Å². The number of aromatic carboxylic acids is 1. The van der Waals surface area contributed by atoms with Crippen LogP contribution in [0.1, 0.15) is 40.0 Å². The van der Waals surface area contributed by atoms with Gasteiger partial charge in [0.25, 0.3) is 0 Å². The third-order valence-electron chi connectivity index (χ3n) is 3.94. The van der Waals surface area contributed by atoms with Crippen LogP contribution in [0.15, 0.2) is 30.5 Å². The van der Waals surface area contributed by atoms with E-state index in [1.165, 1.54) is 0 Å². The standard InChI is InChI=1S/C15H14F3N3O2/c1-8-2-4-9(5-3-8)11-6-12(15(16,17)18)21-13(20-11)10(7-19-21)14(22)23/h2-5,7,11-12,20H,6H2,1H3,(H,22,23)/p-1/t11-,12+/m1/s1. The summed E-state index contributed by atoms with van der Waals surface area (Å²) in [5.74, 6) is -1.74. The van der Waals surface area contributed by atoms with Gasteiger partial charge in [0.05, 0.1) is 23.8 Å². The summed E-state index contributed by atoms with van der Waals surface area (Å²) in [5, 5.41) is 17.5. The topological polar surface area (TPSA) is 70.0 Å². The Hall–Kier alpha value is -2.51. The molecule has 0 aliphatic carbocycles. The summed E-state index contributed by atoms with van der Waals surface area (Å²) < 4.78 is 40.7. The first-order chi connectivity index (χ1) is 10.8. The summed E-state index contributed by atoms with van der Waals surface area (Å²) in [5.41, 5.74) is 1.26. The zero-order valence-corrected chi connectivity index (χ0v) is 12.1. The van der Waals surface area contributed by atoms with E-state index >= 15 is 0 Å². The molecule has 1 aliphatic heterocycles. The van der Waals surface area contributed by atoms with Gasteiger partial charge in [0.2, 0.25) is 0 Å². The van der Waals surface area contributed by atoms with E-state index in [0.717, 1.165) is 11.8 Å². The highest BCUT2D eigenvalue weighted by Crippen LogP contribution is 2.44. The second-order valence-electron chi connectivity index (χ2n) is 5.54. The lowest BCUT2D eigenvalue weighted by Crippen LogP contribution is -2.36. The normalized spacial score (nSPS) is 20.7. The van der Waals surface area contributed by atoms with E-state index in [9.17, 15) is 23.1 Å². The van der Waals surface area contributed by atoms with Gasteiger partial charge >= 0.3 is 6.18 Å². The third-order valence-corrected chi connectivity index (χ3v) is 3.94. The van der Waals surface area contributed by atoms with Crippen molar-refractivity contribution in [3.05, 3.63) is 47.2 Å². The van der Waals surface area contributed by atoms with E-state index in [1.54, 1.807) is 24.3 Å². The Kier molecular flexibility index (Phi) is 3.54. The number of carbonyl (C=O) groups excluding carboxylic acids is 1. The number of carboxylic acids is 1. The zero-order chi connectivity index (χ0) is 16.8. The molecule has 1 aliphatic rings. The summed E-state index contributed by atoms with van der Waals surface area (Å²) in [7, 11) is 0. The van der Waals surface area contributed by atoms with Gasteiger partial charge in [-0.3, -0.25) is 0 Å². The lowest BCUT2D eigenvalue weighted by Gasteiger charge is -2.34. The second-order valence-corrected chi connectivity index (χ2v) is 5.54. The maximum Gasteiger partial charge on any atom is 0.410 e. The lowest BCUT2D eigenvalue weighted by molar-refractivity contribution is -0.255. The highest BCUT2D eigenvalue weighted by atomic mass is 19.4. The number of benzene rings is 1. The van der Waals surface area contributed by atoms with E-state index in [1.807, 2.05) is 6.92 Å². The molecule has 3 rings (SSSR count). The Bertz CT molecular complexity index is 737. The van der Waals surface area contributed by atoms with E-state index in [2.05, 4.69) is 10.4 Å². The van der Waals surface area contributed by atoms with Crippen LogP contribution in [0.3, 0.4) is 0 Å². The van der Waals surface area contributed by atoms with Crippen LogP contribution in [0.2, 0.25) is 0 Å². The SMILES string of the molecule is Cc1ccc([C@H]2C[C@@H](C(F)(F)F)n3ncc(C(=O)[O-])c3N2)cc1. The van der Waals surface area contributed by atoms with Crippen molar-refractivity contribution >= 4 is 11.8 Å². The minimum atomic E-state index is -4.53. The molecule has 122 valence electrons. The number of aryl methyl sites for hydroxylation is 1. The Morgan fingerprint density at radius 2 is 2.00 bits per heavy atom. The highest BCUT2D eigenvalue weighted by molar-refractivity contribution is 5.91. The highest BCUT2D eigenvalue weighted by Gasteiger charge is 2.46. The minimum absolute atomic E-state index is 0.177. The molecule has 0 spiro atoms. The molecule has 1 aromatic carbocycles. The average molecular weight is 324 g/mol.